The number of nitrogens with one attached hydrogen (secondary N) is 1. The van der Waals surface area contributed by atoms with Gasteiger partial charge in [0.15, 0.2) is 16.2 Å². The minimum atomic E-state index is 0.594. The zero-order chi connectivity index (χ0) is 11.1. The predicted octanol–water partition coefficient (Wildman–Crippen LogP) is 1.19. The molecule has 3 aromatic rings. The van der Waals surface area contributed by atoms with Crippen LogP contribution in [0.5, 0.6) is 0 Å². The Hall–Kier alpha value is -2.02. The van der Waals surface area contributed by atoms with E-state index in [0.29, 0.717) is 4.77 Å². The van der Waals surface area contributed by atoms with Crippen LogP contribution in [0.3, 0.4) is 0 Å². The number of hydrogen-bond donors (Lipinski definition) is 1. The summed E-state index contributed by atoms with van der Waals surface area (Å²) >= 11 is 5.07. The standard InChI is InChI=1S/C9H8N6S/c1-14-8(12-13-9(14)16)6-2-3-15-5-10-11-7(15)4-6/h2-5H,1H3,(H,13,16). The Morgan fingerprint density at radius 2 is 2.31 bits per heavy atom. The third-order valence-corrected chi connectivity index (χ3v) is 2.80. The molecule has 0 unspecified atom stereocenters. The molecule has 0 radical (unpaired) electrons. The van der Waals surface area contributed by atoms with Crippen molar-refractivity contribution in [1.82, 2.24) is 29.4 Å². The van der Waals surface area contributed by atoms with Crippen molar-refractivity contribution in [3.8, 4) is 11.4 Å². The van der Waals surface area contributed by atoms with Crippen molar-refractivity contribution in [2.24, 2.45) is 7.05 Å². The summed E-state index contributed by atoms with van der Waals surface area (Å²) < 4.78 is 4.25. The SMILES string of the molecule is Cn1c(-c2ccn3cnnc3c2)n[nH]c1=S. The molecule has 0 atom stereocenters. The summed E-state index contributed by atoms with van der Waals surface area (Å²) in [5.74, 6) is 0.788. The quantitative estimate of drug-likeness (QED) is 0.640. The van der Waals surface area contributed by atoms with Gasteiger partial charge in [0.25, 0.3) is 0 Å². The van der Waals surface area contributed by atoms with Crippen LogP contribution in [0.1, 0.15) is 0 Å². The van der Waals surface area contributed by atoms with Crippen molar-refractivity contribution in [3.63, 3.8) is 0 Å². The summed E-state index contributed by atoms with van der Waals surface area (Å²) in [6.45, 7) is 0. The minimum Gasteiger partial charge on any atom is -0.303 e. The maximum absolute atomic E-state index is 5.07. The van der Waals surface area contributed by atoms with E-state index in [1.54, 1.807) is 6.33 Å². The molecule has 3 aromatic heterocycles. The first-order chi connectivity index (χ1) is 7.75. The fraction of sp³-hybridized carbons (Fsp3) is 0.111. The van der Waals surface area contributed by atoms with Crippen molar-refractivity contribution >= 4 is 17.9 Å². The second-order valence-electron chi connectivity index (χ2n) is 3.42. The highest BCUT2D eigenvalue weighted by atomic mass is 32.1. The molecule has 0 amide bonds. The molecule has 80 valence electrons. The molecular formula is C9H8N6S. The average molecular weight is 232 g/mol. The van der Waals surface area contributed by atoms with Gasteiger partial charge in [-0.05, 0) is 24.4 Å². The Morgan fingerprint density at radius 1 is 1.44 bits per heavy atom. The summed E-state index contributed by atoms with van der Waals surface area (Å²) in [5, 5.41) is 14.7. The normalized spacial score (nSPS) is 11.1. The molecule has 6 nitrogen and oxygen atoms in total. The van der Waals surface area contributed by atoms with E-state index in [0.717, 1.165) is 17.0 Å². The Kier molecular flexibility index (Phi) is 1.87. The van der Waals surface area contributed by atoms with Crippen LogP contribution < -0.4 is 0 Å². The van der Waals surface area contributed by atoms with E-state index in [9.17, 15) is 0 Å². The lowest BCUT2D eigenvalue weighted by Crippen LogP contribution is -1.93. The molecule has 0 bridgehead atoms. The van der Waals surface area contributed by atoms with Gasteiger partial charge in [-0.1, -0.05) is 0 Å². The molecule has 0 saturated carbocycles. The Morgan fingerprint density at radius 3 is 3.06 bits per heavy atom. The Balaban J connectivity index is 2.25. The molecule has 16 heavy (non-hydrogen) atoms. The number of aromatic amines is 1. The smallest absolute Gasteiger partial charge is 0.195 e. The van der Waals surface area contributed by atoms with Gasteiger partial charge in [0.2, 0.25) is 0 Å². The molecule has 0 spiro atoms. The van der Waals surface area contributed by atoms with Crippen LogP contribution in [0, 0.1) is 4.77 Å². The lowest BCUT2D eigenvalue weighted by atomic mass is 10.2. The van der Waals surface area contributed by atoms with E-state index in [1.807, 2.05) is 34.3 Å². The van der Waals surface area contributed by atoms with Crippen molar-refractivity contribution < 1.29 is 0 Å². The summed E-state index contributed by atoms with van der Waals surface area (Å²) in [5.41, 5.74) is 1.74. The molecular weight excluding hydrogens is 224 g/mol. The monoisotopic (exact) mass is 232 g/mol. The first kappa shape index (κ1) is 9.22. The molecule has 0 aliphatic rings. The molecule has 0 aliphatic carbocycles. The number of nitrogens with zero attached hydrogens (tertiary/aromatic N) is 5. The van der Waals surface area contributed by atoms with Crippen molar-refractivity contribution in [1.29, 1.82) is 0 Å². The van der Waals surface area contributed by atoms with Gasteiger partial charge in [0, 0.05) is 18.8 Å². The summed E-state index contributed by atoms with van der Waals surface area (Å²) in [6.07, 6.45) is 3.55. The molecule has 0 saturated heterocycles. The summed E-state index contributed by atoms with van der Waals surface area (Å²) in [7, 11) is 1.87. The van der Waals surface area contributed by atoms with Crippen LogP contribution in [0.2, 0.25) is 0 Å². The summed E-state index contributed by atoms with van der Waals surface area (Å²) in [6, 6.07) is 3.86. The lowest BCUT2D eigenvalue weighted by molar-refractivity contribution is 0.901. The number of H-pyrrole nitrogens is 1. The van der Waals surface area contributed by atoms with E-state index >= 15 is 0 Å². The first-order valence-electron chi connectivity index (χ1n) is 4.67. The molecule has 0 fully saturated rings. The largest absolute Gasteiger partial charge is 0.303 e. The van der Waals surface area contributed by atoms with E-state index < -0.39 is 0 Å². The molecule has 3 rings (SSSR count). The fourth-order valence-electron chi connectivity index (χ4n) is 1.56. The average Bonchev–Trinajstić information content (AvgIpc) is 2.86. The van der Waals surface area contributed by atoms with Crippen LogP contribution >= 0.6 is 12.2 Å². The highest BCUT2D eigenvalue weighted by molar-refractivity contribution is 7.71. The second kappa shape index (κ2) is 3.24. The molecule has 0 aromatic carbocycles. The predicted molar refractivity (Wildman–Crippen MR) is 60.4 cm³/mol. The zero-order valence-corrected chi connectivity index (χ0v) is 9.27. The fourth-order valence-corrected chi connectivity index (χ4v) is 1.69. The van der Waals surface area contributed by atoms with E-state index in [4.69, 9.17) is 12.2 Å². The van der Waals surface area contributed by atoms with E-state index in [1.165, 1.54) is 0 Å². The topological polar surface area (TPSA) is 63.8 Å². The van der Waals surface area contributed by atoms with Gasteiger partial charge >= 0.3 is 0 Å². The van der Waals surface area contributed by atoms with Crippen molar-refractivity contribution in [2.75, 3.05) is 0 Å². The van der Waals surface area contributed by atoms with Gasteiger partial charge < -0.3 is 4.57 Å². The Bertz CT molecular complexity index is 706. The van der Waals surface area contributed by atoms with E-state index in [-0.39, 0.29) is 0 Å². The van der Waals surface area contributed by atoms with Gasteiger partial charge in [0.05, 0.1) is 0 Å². The van der Waals surface area contributed by atoms with Gasteiger partial charge in [-0.3, -0.25) is 9.50 Å². The van der Waals surface area contributed by atoms with Crippen molar-refractivity contribution in [2.45, 2.75) is 0 Å². The first-order valence-corrected chi connectivity index (χ1v) is 5.08. The Labute approximate surface area is 95.6 Å². The highest BCUT2D eigenvalue weighted by Crippen LogP contribution is 2.17. The maximum Gasteiger partial charge on any atom is 0.195 e. The lowest BCUT2D eigenvalue weighted by Gasteiger charge is -2.00. The third kappa shape index (κ3) is 1.25. The van der Waals surface area contributed by atoms with Gasteiger partial charge in [-0.15, -0.1) is 10.2 Å². The molecule has 1 N–H and O–H groups in total. The van der Waals surface area contributed by atoms with Crippen molar-refractivity contribution in [3.05, 3.63) is 29.4 Å². The second-order valence-corrected chi connectivity index (χ2v) is 3.81. The summed E-state index contributed by atoms with van der Waals surface area (Å²) in [4.78, 5) is 0. The number of fused-ring (bicyclic) bond motifs is 1. The third-order valence-electron chi connectivity index (χ3n) is 2.44. The number of rotatable bonds is 1. The van der Waals surface area contributed by atoms with Gasteiger partial charge in [-0.25, -0.2) is 0 Å². The number of pyridine rings is 1. The van der Waals surface area contributed by atoms with Gasteiger partial charge in [-0.2, -0.15) is 5.10 Å². The molecule has 7 heteroatoms. The van der Waals surface area contributed by atoms with Crippen LogP contribution in [0.4, 0.5) is 0 Å². The highest BCUT2D eigenvalue weighted by Gasteiger charge is 2.06. The van der Waals surface area contributed by atoms with Crippen LogP contribution in [-0.2, 0) is 7.05 Å². The van der Waals surface area contributed by atoms with Crippen LogP contribution in [0.25, 0.3) is 17.0 Å². The van der Waals surface area contributed by atoms with Crippen LogP contribution in [-0.4, -0.2) is 29.4 Å². The zero-order valence-electron chi connectivity index (χ0n) is 8.45. The maximum atomic E-state index is 5.07. The molecule has 0 aliphatic heterocycles. The molecule has 3 heterocycles. The minimum absolute atomic E-state index is 0.594. The number of aromatic nitrogens is 6. The van der Waals surface area contributed by atoms with Gasteiger partial charge in [0.1, 0.15) is 6.33 Å². The van der Waals surface area contributed by atoms with Crippen LogP contribution in [0.15, 0.2) is 24.7 Å². The van der Waals surface area contributed by atoms with E-state index in [2.05, 4.69) is 20.4 Å². The number of hydrogen-bond acceptors (Lipinski definition) is 4.